The zero-order chi connectivity index (χ0) is 21.3. The number of hydrogen-bond donors (Lipinski definition) is 1. The monoisotopic (exact) mass is 405 g/mol. The van der Waals surface area contributed by atoms with E-state index in [0.717, 1.165) is 11.3 Å². The van der Waals surface area contributed by atoms with Crippen molar-refractivity contribution in [3.05, 3.63) is 60.5 Å². The first kappa shape index (κ1) is 19.7. The van der Waals surface area contributed by atoms with Gasteiger partial charge in [0.1, 0.15) is 18.1 Å². The lowest BCUT2D eigenvalue weighted by Crippen LogP contribution is -2.47. The summed E-state index contributed by atoms with van der Waals surface area (Å²) in [4.78, 5) is 30.9. The Morgan fingerprint density at radius 2 is 1.90 bits per heavy atom. The summed E-state index contributed by atoms with van der Waals surface area (Å²) >= 11 is 0. The molecule has 7 nitrogen and oxygen atoms in total. The third kappa shape index (κ3) is 3.91. The highest BCUT2D eigenvalue weighted by Gasteiger charge is 2.32. The number of amides is 2. The number of oxazole rings is 1. The molecule has 0 aliphatic carbocycles. The van der Waals surface area contributed by atoms with Crippen molar-refractivity contribution in [3.8, 4) is 17.2 Å². The minimum atomic E-state index is -0.636. The van der Waals surface area contributed by atoms with Gasteiger partial charge in [0.25, 0.3) is 5.91 Å². The van der Waals surface area contributed by atoms with Crippen LogP contribution < -0.4 is 15.0 Å². The summed E-state index contributed by atoms with van der Waals surface area (Å²) in [6, 6.07) is 14.4. The van der Waals surface area contributed by atoms with Crippen molar-refractivity contribution in [2.24, 2.45) is 0 Å². The van der Waals surface area contributed by atoms with Crippen molar-refractivity contribution in [3.63, 3.8) is 0 Å². The number of carbonyl (C=O) groups excluding carboxylic acids is 2. The first-order valence-corrected chi connectivity index (χ1v) is 9.85. The fourth-order valence-corrected chi connectivity index (χ4v) is 3.25. The predicted molar refractivity (Wildman–Crippen MR) is 114 cm³/mol. The molecule has 0 saturated heterocycles. The van der Waals surface area contributed by atoms with E-state index in [-0.39, 0.29) is 24.3 Å². The SMILES string of the molecule is CC1Oc2ccccc2N(CC(=O)Nc2ccc(-c3ncc(C(C)C)o3)cc2)C1=O. The summed E-state index contributed by atoms with van der Waals surface area (Å²) in [7, 11) is 0. The highest BCUT2D eigenvalue weighted by Crippen LogP contribution is 2.33. The standard InChI is InChI=1S/C23H23N3O4/c1-14(2)20-12-24-22(30-20)16-8-10-17(11-9-16)25-21(27)13-26-18-6-4-5-7-19(18)29-15(3)23(26)28/h4-12,14-15H,13H2,1-3H3,(H,25,27). The number of aromatic nitrogens is 1. The topological polar surface area (TPSA) is 84.7 Å². The van der Waals surface area contributed by atoms with Gasteiger partial charge in [-0.2, -0.15) is 0 Å². The Bertz CT molecular complexity index is 1070. The minimum absolute atomic E-state index is 0.0945. The summed E-state index contributed by atoms with van der Waals surface area (Å²) in [6.07, 6.45) is 1.09. The van der Waals surface area contributed by atoms with Gasteiger partial charge in [-0.15, -0.1) is 0 Å². The van der Waals surface area contributed by atoms with E-state index in [0.29, 0.717) is 23.0 Å². The van der Waals surface area contributed by atoms with Crippen LogP contribution in [0.4, 0.5) is 11.4 Å². The number of fused-ring (bicyclic) bond motifs is 1. The van der Waals surface area contributed by atoms with Crippen LogP contribution in [-0.2, 0) is 9.59 Å². The maximum atomic E-state index is 12.6. The quantitative estimate of drug-likeness (QED) is 0.687. The maximum Gasteiger partial charge on any atom is 0.268 e. The lowest BCUT2D eigenvalue weighted by atomic mass is 10.2. The summed E-state index contributed by atoms with van der Waals surface area (Å²) < 4.78 is 11.4. The van der Waals surface area contributed by atoms with E-state index in [1.807, 2.05) is 38.1 Å². The molecule has 0 bridgehead atoms. The summed E-state index contributed by atoms with van der Waals surface area (Å²) in [5.74, 6) is 1.68. The Kier molecular flexibility index (Phi) is 5.27. The number of para-hydroxylation sites is 2. The van der Waals surface area contributed by atoms with Crippen LogP contribution in [0.5, 0.6) is 5.75 Å². The van der Waals surface area contributed by atoms with Gasteiger partial charge in [-0.05, 0) is 43.3 Å². The van der Waals surface area contributed by atoms with Gasteiger partial charge in [0, 0.05) is 17.2 Å². The van der Waals surface area contributed by atoms with E-state index < -0.39 is 6.10 Å². The molecule has 0 fully saturated rings. The van der Waals surface area contributed by atoms with E-state index in [1.54, 1.807) is 37.4 Å². The number of ether oxygens (including phenoxy) is 1. The fourth-order valence-electron chi connectivity index (χ4n) is 3.25. The second-order valence-electron chi connectivity index (χ2n) is 7.50. The van der Waals surface area contributed by atoms with Crippen LogP contribution in [0.25, 0.3) is 11.5 Å². The van der Waals surface area contributed by atoms with Crippen LogP contribution in [0.2, 0.25) is 0 Å². The van der Waals surface area contributed by atoms with E-state index in [2.05, 4.69) is 10.3 Å². The van der Waals surface area contributed by atoms with Crippen molar-refractivity contribution in [2.75, 3.05) is 16.8 Å². The van der Waals surface area contributed by atoms with Crippen molar-refractivity contribution in [2.45, 2.75) is 32.8 Å². The largest absolute Gasteiger partial charge is 0.479 e. The smallest absolute Gasteiger partial charge is 0.268 e. The molecule has 1 aliphatic rings. The molecule has 1 aliphatic heterocycles. The van der Waals surface area contributed by atoms with E-state index in [9.17, 15) is 9.59 Å². The number of carbonyl (C=O) groups is 2. The highest BCUT2D eigenvalue weighted by atomic mass is 16.5. The van der Waals surface area contributed by atoms with Gasteiger partial charge in [-0.1, -0.05) is 26.0 Å². The molecule has 2 heterocycles. The third-order valence-corrected chi connectivity index (χ3v) is 4.88. The average molecular weight is 405 g/mol. The van der Waals surface area contributed by atoms with Crippen LogP contribution in [0.1, 0.15) is 32.4 Å². The zero-order valence-electron chi connectivity index (χ0n) is 17.1. The van der Waals surface area contributed by atoms with Crippen molar-refractivity contribution in [1.82, 2.24) is 4.98 Å². The predicted octanol–water partition coefficient (Wildman–Crippen LogP) is 4.22. The molecule has 3 aromatic rings. The van der Waals surface area contributed by atoms with E-state index in [1.165, 1.54) is 4.90 Å². The molecule has 4 rings (SSSR count). The molecule has 0 spiro atoms. The molecule has 1 unspecified atom stereocenters. The van der Waals surface area contributed by atoms with Crippen molar-refractivity contribution < 1.29 is 18.7 Å². The molecule has 7 heteroatoms. The lowest BCUT2D eigenvalue weighted by molar-refractivity contribution is -0.127. The van der Waals surface area contributed by atoms with Crippen LogP contribution >= 0.6 is 0 Å². The Hall–Kier alpha value is -3.61. The number of nitrogens with zero attached hydrogens (tertiary/aromatic N) is 2. The highest BCUT2D eigenvalue weighted by molar-refractivity contribution is 6.06. The lowest BCUT2D eigenvalue weighted by Gasteiger charge is -2.32. The number of nitrogens with one attached hydrogen (secondary N) is 1. The number of hydrogen-bond acceptors (Lipinski definition) is 5. The van der Waals surface area contributed by atoms with Gasteiger partial charge < -0.3 is 14.5 Å². The van der Waals surface area contributed by atoms with Crippen LogP contribution in [-0.4, -0.2) is 29.4 Å². The first-order chi connectivity index (χ1) is 14.4. The summed E-state index contributed by atoms with van der Waals surface area (Å²) in [5, 5.41) is 2.83. The summed E-state index contributed by atoms with van der Waals surface area (Å²) in [5.41, 5.74) is 2.04. The van der Waals surface area contributed by atoms with Gasteiger partial charge in [-0.25, -0.2) is 4.98 Å². The Labute approximate surface area is 174 Å². The Morgan fingerprint density at radius 1 is 1.17 bits per heavy atom. The minimum Gasteiger partial charge on any atom is -0.479 e. The molecule has 0 saturated carbocycles. The number of anilines is 2. The van der Waals surface area contributed by atoms with E-state index >= 15 is 0 Å². The van der Waals surface area contributed by atoms with E-state index in [4.69, 9.17) is 9.15 Å². The number of benzene rings is 2. The molecular weight excluding hydrogens is 382 g/mol. The van der Waals surface area contributed by atoms with Gasteiger partial charge >= 0.3 is 0 Å². The first-order valence-electron chi connectivity index (χ1n) is 9.85. The van der Waals surface area contributed by atoms with Crippen LogP contribution in [0, 0.1) is 0 Å². The van der Waals surface area contributed by atoms with Gasteiger partial charge in [0.05, 0.1) is 11.9 Å². The third-order valence-electron chi connectivity index (χ3n) is 4.88. The van der Waals surface area contributed by atoms with Gasteiger partial charge in [0.2, 0.25) is 11.8 Å². The Balaban J connectivity index is 1.45. The molecular formula is C23H23N3O4. The Morgan fingerprint density at radius 3 is 2.60 bits per heavy atom. The van der Waals surface area contributed by atoms with Crippen LogP contribution in [0.15, 0.2) is 59.1 Å². The molecule has 154 valence electrons. The summed E-state index contributed by atoms with van der Waals surface area (Å²) in [6.45, 7) is 5.67. The van der Waals surface area contributed by atoms with Crippen molar-refractivity contribution in [1.29, 1.82) is 0 Å². The molecule has 2 amide bonds. The molecule has 30 heavy (non-hydrogen) atoms. The van der Waals surface area contributed by atoms with Gasteiger partial charge in [-0.3, -0.25) is 14.5 Å². The second-order valence-corrected chi connectivity index (χ2v) is 7.50. The number of rotatable bonds is 5. The molecule has 2 aromatic carbocycles. The molecule has 1 atom stereocenters. The zero-order valence-corrected chi connectivity index (χ0v) is 17.1. The normalized spacial score (nSPS) is 15.7. The van der Waals surface area contributed by atoms with Gasteiger partial charge in [0.15, 0.2) is 6.10 Å². The maximum absolute atomic E-state index is 12.6. The fraction of sp³-hybridized carbons (Fsp3) is 0.261. The average Bonchev–Trinajstić information content (AvgIpc) is 3.22. The molecule has 1 aromatic heterocycles. The molecule has 0 radical (unpaired) electrons. The van der Waals surface area contributed by atoms with Crippen molar-refractivity contribution >= 4 is 23.2 Å². The van der Waals surface area contributed by atoms with Crippen LogP contribution in [0.3, 0.4) is 0 Å². The molecule has 1 N–H and O–H groups in total. The second kappa shape index (κ2) is 8.02.